The fourth-order valence-electron chi connectivity index (χ4n) is 1.96. The Morgan fingerprint density at radius 1 is 1.44 bits per heavy atom. The summed E-state index contributed by atoms with van der Waals surface area (Å²) in [5, 5.41) is 3.13. The smallest absolute Gasteiger partial charge is 0.115 e. The molecule has 84 valence electrons. The number of thiazole rings is 1. The van der Waals surface area contributed by atoms with Crippen molar-refractivity contribution >= 4 is 38.6 Å². The molecule has 1 unspecified atom stereocenters. The highest BCUT2D eigenvalue weighted by Crippen LogP contribution is 2.34. The first kappa shape index (κ1) is 10.9. The highest BCUT2D eigenvalue weighted by Gasteiger charge is 2.21. The molecule has 2 N–H and O–H groups in total. The van der Waals surface area contributed by atoms with Gasteiger partial charge >= 0.3 is 0 Å². The van der Waals surface area contributed by atoms with Crippen molar-refractivity contribution in [2.45, 2.75) is 25.3 Å². The lowest BCUT2D eigenvalue weighted by Gasteiger charge is -2.04. The number of thiophene rings is 1. The Kier molecular flexibility index (Phi) is 2.87. The molecule has 5 heteroatoms. The second-order valence-electron chi connectivity index (χ2n) is 3.92. The van der Waals surface area contributed by atoms with Crippen molar-refractivity contribution in [3.8, 4) is 0 Å². The molecule has 1 atom stereocenters. The summed E-state index contributed by atoms with van der Waals surface area (Å²) < 4.78 is 1.10. The predicted molar refractivity (Wildman–Crippen MR) is 72.2 cm³/mol. The predicted octanol–water partition coefficient (Wildman–Crippen LogP) is 3.50. The van der Waals surface area contributed by atoms with E-state index in [1.54, 1.807) is 22.7 Å². The first-order chi connectivity index (χ1) is 7.74. The van der Waals surface area contributed by atoms with Crippen LogP contribution in [0.4, 0.5) is 0 Å². The summed E-state index contributed by atoms with van der Waals surface area (Å²) in [6, 6.07) is 2.04. The lowest BCUT2D eigenvalue weighted by molar-refractivity contribution is 0.846. The van der Waals surface area contributed by atoms with Gasteiger partial charge in [0.15, 0.2) is 0 Å². The van der Waals surface area contributed by atoms with E-state index in [0.29, 0.717) is 0 Å². The Labute approximate surface area is 111 Å². The number of rotatable bonds is 2. The zero-order valence-electron chi connectivity index (χ0n) is 8.57. The summed E-state index contributed by atoms with van der Waals surface area (Å²) in [5.41, 5.74) is 7.51. The highest BCUT2D eigenvalue weighted by atomic mass is 79.9. The Bertz CT molecular complexity index is 496. The van der Waals surface area contributed by atoms with Crippen LogP contribution in [0.1, 0.15) is 32.9 Å². The zero-order chi connectivity index (χ0) is 11.1. The summed E-state index contributed by atoms with van der Waals surface area (Å²) in [5.74, 6) is 0. The molecule has 0 radical (unpaired) electrons. The van der Waals surface area contributed by atoms with Crippen LogP contribution < -0.4 is 5.73 Å². The molecule has 0 fully saturated rings. The van der Waals surface area contributed by atoms with Crippen LogP contribution in [0.3, 0.4) is 0 Å². The minimum absolute atomic E-state index is 0.0492. The van der Waals surface area contributed by atoms with Gasteiger partial charge in [-0.2, -0.15) is 0 Å². The molecule has 0 aromatic carbocycles. The van der Waals surface area contributed by atoms with Crippen LogP contribution in [-0.4, -0.2) is 4.98 Å². The van der Waals surface area contributed by atoms with Gasteiger partial charge in [-0.15, -0.1) is 22.7 Å². The molecule has 3 rings (SSSR count). The average Bonchev–Trinajstić information content (AvgIpc) is 2.89. The maximum atomic E-state index is 6.23. The first-order valence-electron chi connectivity index (χ1n) is 5.22. The van der Waals surface area contributed by atoms with Crippen LogP contribution in [0.2, 0.25) is 0 Å². The van der Waals surface area contributed by atoms with Crippen LogP contribution >= 0.6 is 38.6 Å². The second-order valence-corrected chi connectivity index (χ2v) is 6.89. The zero-order valence-corrected chi connectivity index (χ0v) is 11.8. The van der Waals surface area contributed by atoms with Crippen LogP contribution in [0.5, 0.6) is 0 Å². The van der Waals surface area contributed by atoms with Crippen molar-refractivity contribution in [1.29, 1.82) is 0 Å². The SMILES string of the molecule is NC(c1cc(Br)cs1)c1nc2c(s1)CCC2. The quantitative estimate of drug-likeness (QED) is 0.921. The molecule has 16 heavy (non-hydrogen) atoms. The third kappa shape index (κ3) is 1.86. The highest BCUT2D eigenvalue weighted by molar-refractivity contribution is 9.10. The van der Waals surface area contributed by atoms with E-state index in [-0.39, 0.29) is 6.04 Å². The van der Waals surface area contributed by atoms with Gasteiger partial charge in [0.05, 0.1) is 11.7 Å². The fraction of sp³-hybridized carbons (Fsp3) is 0.364. The second kappa shape index (κ2) is 4.22. The van der Waals surface area contributed by atoms with Crippen molar-refractivity contribution in [2.75, 3.05) is 0 Å². The molecule has 2 aromatic rings. The monoisotopic (exact) mass is 314 g/mol. The van der Waals surface area contributed by atoms with Gasteiger partial charge < -0.3 is 5.73 Å². The molecule has 0 saturated carbocycles. The van der Waals surface area contributed by atoms with E-state index < -0.39 is 0 Å². The number of nitrogens with zero attached hydrogens (tertiary/aromatic N) is 1. The standard InChI is InChI=1S/C11H11BrN2S2/c12-6-4-9(15-5-6)10(13)11-14-7-2-1-3-8(7)16-11/h4-5,10H,1-3,13H2. The molecule has 2 heterocycles. The van der Waals surface area contributed by atoms with E-state index >= 15 is 0 Å². The number of hydrogen-bond donors (Lipinski definition) is 1. The lowest BCUT2D eigenvalue weighted by Crippen LogP contribution is -2.09. The third-order valence-electron chi connectivity index (χ3n) is 2.77. The Morgan fingerprint density at radius 3 is 3.00 bits per heavy atom. The molecule has 0 aliphatic heterocycles. The molecular weight excluding hydrogens is 304 g/mol. The van der Waals surface area contributed by atoms with Crippen LogP contribution in [0.25, 0.3) is 0 Å². The molecule has 0 amide bonds. The van der Waals surface area contributed by atoms with Crippen molar-refractivity contribution < 1.29 is 0 Å². The maximum Gasteiger partial charge on any atom is 0.115 e. The molecule has 0 saturated heterocycles. The van der Waals surface area contributed by atoms with Gasteiger partial charge in [0, 0.05) is 19.6 Å². The number of halogens is 1. The largest absolute Gasteiger partial charge is 0.318 e. The summed E-state index contributed by atoms with van der Waals surface area (Å²) >= 11 is 6.93. The number of nitrogens with two attached hydrogens (primary N) is 1. The number of aryl methyl sites for hydroxylation is 2. The van der Waals surface area contributed by atoms with Gasteiger partial charge in [0.1, 0.15) is 5.01 Å². The van der Waals surface area contributed by atoms with Crippen LogP contribution in [0, 0.1) is 0 Å². The van der Waals surface area contributed by atoms with Gasteiger partial charge in [-0.25, -0.2) is 4.98 Å². The minimum Gasteiger partial charge on any atom is -0.318 e. The Morgan fingerprint density at radius 2 is 2.31 bits per heavy atom. The van der Waals surface area contributed by atoms with E-state index in [0.717, 1.165) is 15.9 Å². The molecular formula is C11H11BrN2S2. The van der Waals surface area contributed by atoms with E-state index in [9.17, 15) is 0 Å². The van der Waals surface area contributed by atoms with Gasteiger partial charge in [-0.3, -0.25) is 0 Å². The first-order valence-corrected chi connectivity index (χ1v) is 7.71. The molecule has 0 spiro atoms. The van der Waals surface area contributed by atoms with Crippen molar-refractivity contribution in [3.63, 3.8) is 0 Å². The molecule has 1 aliphatic rings. The van der Waals surface area contributed by atoms with Gasteiger partial charge in [-0.05, 0) is 41.3 Å². The van der Waals surface area contributed by atoms with E-state index in [4.69, 9.17) is 5.73 Å². The molecule has 2 aromatic heterocycles. The third-order valence-corrected chi connectivity index (χ3v) is 5.79. The fourth-order valence-corrected chi connectivity index (χ4v) is 4.65. The summed E-state index contributed by atoms with van der Waals surface area (Å²) in [7, 11) is 0. The van der Waals surface area contributed by atoms with E-state index in [1.165, 1.54) is 28.3 Å². The normalized spacial score (nSPS) is 16.4. The van der Waals surface area contributed by atoms with Crippen LogP contribution in [-0.2, 0) is 12.8 Å². The van der Waals surface area contributed by atoms with Crippen molar-refractivity contribution in [1.82, 2.24) is 4.98 Å². The van der Waals surface area contributed by atoms with Gasteiger partial charge in [0.2, 0.25) is 0 Å². The Hall–Kier alpha value is -0.230. The summed E-state index contributed by atoms with van der Waals surface area (Å²) in [6.07, 6.45) is 3.58. The van der Waals surface area contributed by atoms with E-state index in [1.807, 2.05) is 0 Å². The average molecular weight is 315 g/mol. The summed E-state index contributed by atoms with van der Waals surface area (Å²) in [6.45, 7) is 0. The maximum absolute atomic E-state index is 6.23. The van der Waals surface area contributed by atoms with Crippen molar-refractivity contribution in [2.24, 2.45) is 5.73 Å². The minimum atomic E-state index is -0.0492. The number of fused-ring (bicyclic) bond motifs is 1. The molecule has 2 nitrogen and oxygen atoms in total. The van der Waals surface area contributed by atoms with Gasteiger partial charge in [-0.1, -0.05) is 0 Å². The number of hydrogen-bond acceptors (Lipinski definition) is 4. The topological polar surface area (TPSA) is 38.9 Å². The van der Waals surface area contributed by atoms with Crippen LogP contribution in [0.15, 0.2) is 15.9 Å². The number of aromatic nitrogens is 1. The Balaban J connectivity index is 1.91. The molecule has 0 bridgehead atoms. The molecule has 1 aliphatic carbocycles. The lowest BCUT2D eigenvalue weighted by atomic mass is 10.2. The van der Waals surface area contributed by atoms with E-state index in [2.05, 4.69) is 32.4 Å². The van der Waals surface area contributed by atoms with Gasteiger partial charge in [0.25, 0.3) is 0 Å². The summed E-state index contributed by atoms with van der Waals surface area (Å²) in [4.78, 5) is 7.29. The van der Waals surface area contributed by atoms with Crippen molar-refractivity contribution in [3.05, 3.63) is 36.4 Å².